The molecule has 0 unspecified atom stereocenters. The van der Waals surface area contributed by atoms with Crippen LogP contribution in [0.1, 0.15) is 5.56 Å². The summed E-state index contributed by atoms with van der Waals surface area (Å²) < 4.78 is 1.79. The maximum atomic E-state index is 11.8. The molecular weight excluding hydrogens is 386 g/mol. The van der Waals surface area contributed by atoms with Gasteiger partial charge in [0.2, 0.25) is 0 Å². The van der Waals surface area contributed by atoms with Gasteiger partial charge in [-0.3, -0.25) is 4.79 Å². The molecule has 0 saturated heterocycles. The van der Waals surface area contributed by atoms with Crippen LogP contribution in [-0.4, -0.2) is 9.78 Å². The summed E-state index contributed by atoms with van der Waals surface area (Å²) in [7, 11) is 1.63. The number of rotatable bonds is 5. The molecule has 0 aliphatic carbocycles. The van der Waals surface area contributed by atoms with E-state index in [0.29, 0.717) is 16.7 Å². The van der Waals surface area contributed by atoms with Gasteiger partial charge >= 0.3 is 0 Å². The first kappa shape index (κ1) is 16.8. The zero-order valence-corrected chi connectivity index (χ0v) is 15.5. The maximum Gasteiger partial charge on any atom is 0.282 e. The molecular formula is C18H16BrN3OS. The Hall–Kier alpha value is -2.05. The Morgan fingerprint density at radius 2 is 1.75 bits per heavy atom. The minimum Gasteiger partial charge on any atom is -0.379 e. The second kappa shape index (κ2) is 7.68. The van der Waals surface area contributed by atoms with Gasteiger partial charge in [-0.25, -0.2) is 4.68 Å². The number of benzene rings is 2. The molecule has 3 aromatic rings. The average Bonchev–Trinajstić information content (AvgIpc) is 2.61. The molecule has 0 spiro atoms. The van der Waals surface area contributed by atoms with Crippen LogP contribution in [0, 0.1) is 0 Å². The van der Waals surface area contributed by atoms with Gasteiger partial charge in [-0.1, -0.05) is 42.1 Å². The van der Waals surface area contributed by atoms with Crippen molar-refractivity contribution in [3.8, 4) is 0 Å². The number of hydrogen-bond acceptors (Lipinski definition) is 4. The highest BCUT2D eigenvalue weighted by molar-refractivity contribution is 9.10. The molecule has 3 rings (SSSR count). The fraction of sp³-hybridized carbons (Fsp3) is 0.111. The largest absolute Gasteiger partial charge is 0.379 e. The second-order valence-corrected chi connectivity index (χ2v) is 7.15. The van der Waals surface area contributed by atoms with Crippen molar-refractivity contribution in [3.05, 3.63) is 81.2 Å². The first-order chi connectivity index (χ1) is 11.6. The lowest BCUT2D eigenvalue weighted by Gasteiger charge is -2.09. The zero-order chi connectivity index (χ0) is 16.9. The molecule has 2 aromatic carbocycles. The lowest BCUT2D eigenvalue weighted by molar-refractivity contribution is 0.703. The molecule has 1 aromatic heterocycles. The highest BCUT2D eigenvalue weighted by Crippen LogP contribution is 2.27. The maximum absolute atomic E-state index is 11.8. The van der Waals surface area contributed by atoms with Crippen molar-refractivity contribution in [2.24, 2.45) is 7.05 Å². The van der Waals surface area contributed by atoms with Gasteiger partial charge in [-0.15, -0.1) is 0 Å². The van der Waals surface area contributed by atoms with E-state index in [1.54, 1.807) is 25.0 Å². The Kier molecular flexibility index (Phi) is 5.37. The molecule has 1 heterocycles. The molecule has 24 heavy (non-hydrogen) atoms. The molecule has 0 aliphatic heterocycles. The van der Waals surface area contributed by atoms with Crippen molar-refractivity contribution in [1.82, 2.24) is 9.78 Å². The summed E-state index contributed by atoms with van der Waals surface area (Å²) in [6.07, 6.45) is 1.64. The van der Waals surface area contributed by atoms with E-state index in [4.69, 9.17) is 0 Å². The van der Waals surface area contributed by atoms with Gasteiger partial charge < -0.3 is 5.32 Å². The SMILES string of the molecule is Cn1ncc(NCc2ccc(Sc3ccccc3)cc2)c(Br)c1=O. The van der Waals surface area contributed by atoms with Crippen LogP contribution in [0.15, 0.2) is 79.9 Å². The smallest absolute Gasteiger partial charge is 0.282 e. The monoisotopic (exact) mass is 401 g/mol. The molecule has 4 nitrogen and oxygen atoms in total. The number of nitrogens with zero attached hydrogens (tertiary/aromatic N) is 2. The average molecular weight is 402 g/mol. The van der Waals surface area contributed by atoms with Crippen LogP contribution in [-0.2, 0) is 13.6 Å². The number of hydrogen-bond donors (Lipinski definition) is 1. The van der Waals surface area contributed by atoms with Crippen LogP contribution in [0.2, 0.25) is 0 Å². The molecule has 0 atom stereocenters. The van der Waals surface area contributed by atoms with Crippen LogP contribution < -0.4 is 10.9 Å². The van der Waals surface area contributed by atoms with E-state index in [1.165, 1.54) is 14.5 Å². The predicted molar refractivity (Wildman–Crippen MR) is 102 cm³/mol. The highest BCUT2D eigenvalue weighted by atomic mass is 79.9. The van der Waals surface area contributed by atoms with Gasteiger partial charge in [0, 0.05) is 23.4 Å². The summed E-state index contributed by atoms with van der Waals surface area (Å²) in [5.74, 6) is 0. The molecule has 1 N–H and O–H groups in total. The minimum absolute atomic E-state index is 0.158. The van der Waals surface area contributed by atoms with Crippen LogP contribution in [0.4, 0.5) is 5.69 Å². The molecule has 6 heteroatoms. The molecule has 0 radical (unpaired) electrons. The van der Waals surface area contributed by atoms with E-state index in [2.05, 4.69) is 62.7 Å². The fourth-order valence-electron chi connectivity index (χ4n) is 2.13. The summed E-state index contributed by atoms with van der Waals surface area (Å²) in [6, 6.07) is 18.7. The Labute approximate surface area is 153 Å². The van der Waals surface area contributed by atoms with Crippen molar-refractivity contribution in [3.63, 3.8) is 0 Å². The van der Waals surface area contributed by atoms with E-state index in [-0.39, 0.29) is 5.56 Å². The molecule has 0 aliphatic rings. The Bertz CT molecular complexity index is 879. The van der Waals surface area contributed by atoms with Gasteiger partial charge in [0.1, 0.15) is 4.47 Å². The van der Waals surface area contributed by atoms with Crippen LogP contribution in [0.5, 0.6) is 0 Å². The summed E-state index contributed by atoms with van der Waals surface area (Å²) >= 11 is 5.05. The minimum atomic E-state index is -0.158. The van der Waals surface area contributed by atoms with E-state index in [9.17, 15) is 4.79 Å². The summed E-state index contributed by atoms with van der Waals surface area (Å²) in [4.78, 5) is 14.2. The lowest BCUT2D eigenvalue weighted by atomic mass is 10.2. The van der Waals surface area contributed by atoms with Crippen molar-refractivity contribution in [2.45, 2.75) is 16.3 Å². The van der Waals surface area contributed by atoms with E-state index in [1.807, 2.05) is 18.2 Å². The second-order valence-electron chi connectivity index (χ2n) is 5.21. The van der Waals surface area contributed by atoms with Crippen molar-refractivity contribution >= 4 is 33.4 Å². The summed E-state index contributed by atoms with van der Waals surface area (Å²) in [6.45, 7) is 0.629. The molecule has 0 saturated carbocycles. The van der Waals surface area contributed by atoms with Gasteiger partial charge in [0.05, 0.1) is 11.9 Å². The van der Waals surface area contributed by atoms with Crippen LogP contribution in [0.25, 0.3) is 0 Å². The van der Waals surface area contributed by atoms with Crippen molar-refractivity contribution in [2.75, 3.05) is 5.32 Å². The lowest BCUT2D eigenvalue weighted by Crippen LogP contribution is -2.21. The Morgan fingerprint density at radius 3 is 2.46 bits per heavy atom. The van der Waals surface area contributed by atoms with E-state index < -0.39 is 0 Å². The van der Waals surface area contributed by atoms with E-state index in [0.717, 1.165) is 5.56 Å². The third-order valence-electron chi connectivity index (χ3n) is 3.46. The number of aryl methyl sites for hydroxylation is 1. The topological polar surface area (TPSA) is 46.9 Å². The summed E-state index contributed by atoms with van der Waals surface area (Å²) in [5.41, 5.74) is 1.68. The van der Waals surface area contributed by atoms with Crippen molar-refractivity contribution < 1.29 is 0 Å². The molecule has 0 bridgehead atoms. The van der Waals surface area contributed by atoms with E-state index >= 15 is 0 Å². The molecule has 0 fully saturated rings. The van der Waals surface area contributed by atoms with Gasteiger partial charge in [-0.2, -0.15) is 5.10 Å². The van der Waals surface area contributed by atoms with Gasteiger partial charge in [-0.05, 0) is 45.8 Å². The zero-order valence-electron chi connectivity index (χ0n) is 13.1. The number of anilines is 1. The molecule has 0 amide bonds. The van der Waals surface area contributed by atoms with Gasteiger partial charge in [0.15, 0.2) is 0 Å². The Morgan fingerprint density at radius 1 is 1.08 bits per heavy atom. The van der Waals surface area contributed by atoms with Gasteiger partial charge in [0.25, 0.3) is 5.56 Å². The van der Waals surface area contributed by atoms with Crippen LogP contribution in [0.3, 0.4) is 0 Å². The number of aromatic nitrogens is 2. The summed E-state index contributed by atoms with van der Waals surface area (Å²) in [5, 5.41) is 7.26. The Balaban J connectivity index is 1.65. The molecule has 122 valence electrons. The first-order valence-corrected chi connectivity index (χ1v) is 9.02. The number of halogens is 1. The predicted octanol–water partition coefficient (Wildman–Crippen LogP) is 4.31. The quantitative estimate of drug-likeness (QED) is 0.691. The number of nitrogens with one attached hydrogen (secondary N) is 1. The first-order valence-electron chi connectivity index (χ1n) is 7.41. The van der Waals surface area contributed by atoms with Crippen LogP contribution >= 0.6 is 27.7 Å². The third kappa shape index (κ3) is 4.07. The third-order valence-corrected chi connectivity index (χ3v) is 5.25. The standard InChI is InChI=1S/C18H16BrN3OS/c1-22-18(23)17(19)16(12-21-22)20-11-13-7-9-15(10-8-13)24-14-5-3-2-4-6-14/h2-10,12,20H,11H2,1H3. The normalized spacial score (nSPS) is 10.6. The highest BCUT2D eigenvalue weighted by Gasteiger charge is 2.06. The van der Waals surface area contributed by atoms with Crippen molar-refractivity contribution in [1.29, 1.82) is 0 Å². The fourth-order valence-corrected chi connectivity index (χ4v) is 3.47.